The first-order valence-corrected chi connectivity index (χ1v) is 8.45. The highest BCUT2D eigenvalue weighted by Crippen LogP contribution is 2.37. The molecule has 5 nitrogen and oxygen atoms in total. The minimum absolute atomic E-state index is 0.0170. The number of aromatic nitrogens is 2. The largest absolute Gasteiger partial charge is 0.391 e. The van der Waals surface area contributed by atoms with E-state index in [4.69, 9.17) is 0 Å². The molecule has 1 aromatic rings. The van der Waals surface area contributed by atoms with Gasteiger partial charge in [0.15, 0.2) is 0 Å². The van der Waals surface area contributed by atoms with Crippen molar-refractivity contribution >= 4 is 6.03 Å². The number of hydrogen-bond donors (Lipinski definition) is 2. The number of halogens is 3. The smallest absolute Gasteiger partial charge is 0.338 e. The molecule has 2 amide bonds. The maximum Gasteiger partial charge on any atom is 0.391 e. The number of imidazole rings is 1. The topological polar surface area (TPSA) is 59.0 Å². The molecule has 0 radical (unpaired) electrons. The number of carbonyl (C=O) groups excluding carboxylic acids is 1. The Morgan fingerprint density at radius 1 is 1.38 bits per heavy atom. The minimum atomic E-state index is -4.16. The summed E-state index contributed by atoms with van der Waals surface area (Å²) in [4.78, 5) is 15.9. The average Bonchev–Trinajstić information content (AvgIpc) is 2.92. The number of urea groups is 1. The first-order chi connectivity index (χ1) is 11.4. The molecule has 24 heavy (non-hydrogen) atoms. The van der Waals surface area contributed by atoms with E-state index in [9.17, 15) is 18.0 Å². The molecule has 1 aromatic heterocycles. The zero-order valence-electron chi connectivity index (χ0n) is 13.9. The fourth-order valence-electron chi connectivity index (χ4n) is 3.10. The van der Waals surface area contributed by atoms with Crippen LogP contribution in [-0.4, -0.2) is 34.3 Å². The second kappa shape index (κ2) is 8.39. The van der Waals surface area contributed by atoms with Crippen molar-refractivity contribution in [3.8, 4) is 0 Å². The van der Waals surface area contributed by atoms with E-state index in [0.29, 0.717) is 19.4 Å². The Morgan fingerprint density at radius 2 is 2.17 bits per heavy atom. The Hall–Kier alpha value is -1.73. The van der Waals surface area contributed by atoms with Crippen molar-refractivity contribution in [2.45, 2.75) is 64.2 Å². The summed E-state index contributed by atoms with van der Waals surface area (Å²) >= 11 is 0. The highest BCUT2D eigenvalue weighted by atomic mass is 19.4. The highest BCUT2D eigenvalue weighted by Gasteiger charge is 2.42. The number of alkyl halides is 3. The maximum atomic E-state index is 12.7. The Labute approximate surface area is 140 Å². The number of aryl methyl sites for hydroxylation is 2. The minimum Gasteiger partial charge on any atom is -0.338 e. The van der Waals surface area contributed by atoms with Crippen LogP contribution in [0.4, 0.5) is 18.0 Å². The summed E-state index contributed by atoms with van der Waals surface area (Å²) < 4.78 is 40.3. The molecule has 0 saturated heterocycles. The van der Waals surface area contributed by atoms with Crippen LogP contribution >= 0.6 is 0 Å². The molecular formula is C16H25F3N4O. The molecule has 1 fully saturated rings. The number of carbonyl (C=O) groups is 1. The van der Waals surface area contributed by atoms with Crippen LogP contribution in [0, 0.1) is 12.8 Å². The Balaban J connectivity index is 1.60. The predicted molar refractivity (Wildman–Crippen MR) is 84.5 cm³/mol. The molecule has 0 spiro atoms. The van der Waals surface area contributed by atoms with E-state index < -0.39 is 12.1 Å². The summed E-state index contributed by atoms with van der Waals surface area (Å²) in [6.45, 7) is 3.28. The third-order valence-corrected chi connectivity index (χ3v) is 4.51. The van der Waals surface area contributed by atoms with Gasteiger partial charge in [0.1, 0.15) is 5.82 Å². The molecule has 1 heterocycles. The van der Waals surface area contributed by atoms with E-state index in [2.05, 4.69) is 15.6 Å². The average molecular weight is 346 g/mol. The third kappa shape index (κ3) is 5.72. The normalized spacial score (nSPS) is 21.5. The zero-order chi connectivity index (χ0) is 17.6. The molecule has 0 unspecified atom stereocenters. The first-order valence-electron chi connectivity index (χ1n) is 8.45. The SMILES string of the molecule is Cc1nccn1CCCCNC(=O)N[C@@H]1CCC[C@@H](C(F)(F)F)C1. The summed E-state index contributed by atoms with van der Waals surface area (Å²) in [6, 6.07) is -0.763. The molecule has 2 N–H and O–H groups in total. The van der Waals surface area contributed by atoms with Gasteiger partial charge in [-0.2, -0.15) is 13.2 Å². The van der Waals surface area contributed by atoms with E-state index in [1.54, 1.807) is 6.20 Å². The summed E-state index contributed by atoms with van der Waals surface area (Å²) in [5, 5.41) is 5.39. The lowest BCUT2D eigenvalue weighted by atomic mass is 9.85. The Morgan fingerprint density at radius 3 is 2.83 bits per heavy atom. The van der Waals surface area contributed by atoms with Gasteiger partial charge in [-0.25, -0.2) is 9.78 Å². The number of unbranched alkanes of at least 4 members (excludes halogenated alkanes) is 1. The van der Waals surface area contributed by atoms with Crippen LogP contribution in [-0.2, 0) is 6.54 Å². The number of nitrogens with one attached hydrogen (secondary N) is 2. The van der Waals surface area contributed by atoms with Crippen LogP contribution < -0.4 is 10.6 Å². The summed E-state index contributed by atoms with van der Waals surface area (Å²) in [5.74, 6) is -0.341. The molecule has 1 saturated carbocycles. The van der Waals surface area contributed by atoms with Crippen molar-refractivity contribution in [1.29, 1.82) is 0 Å². The number of rotatable bonds is 6. The molecule has 2 atom stereocenters. The molecule has 2 rings (SSSR count). The lowest BCUT2D eigenvalue weighted by molar-refractivity contribution is -0.183. The van der Waals surface area contributed by atoms with Gasteiger partial charge in [0.25, 0.3) is 0 Å². The van der Waals surface area contributed by atoms with Gasteiger partial charge in [0, 0.05) is 31.5 Å². The van der Waals surface area contributed by atoms with E-state index >= 15 is 0 Å². The predicted octanol–water partition coefficient (Wildman–Crippen LogP) is 3.39. The van der Waals surface area contributed by atoms with E-state index in [1.807, 2.05) is 17.7 Å². The lowest BCUT2D eigenvalue weighted by Gasteiger charge is -2.31. The van der Waals surface area contributed by atoms with Crippen molar-refractivity contribution in [1.82, 2.24) is 20.2 Å². The lowest BCUT2D eigenvalue weighted by Crippen LogP contribution is -2.46. The monoisotopic (exact) mass is 346 g/mol. The van der Waals surface area contributed by atoms with Crippen LogP contribution in [0.5, 0.6) is 0 Å². The van der Waals surface area contributed by atoms with Gasteiger partial charge in [-0.3, -0.25) is 0 Å². The molecule has 136 valence electrons. The molecule has 1 aliphatic carbocycles. The van der Waals surface area contributed by atoms with E-state index in [0.717, 1.165) is 25.2 Å². The van der Waals surface area contributed by atoms with Gasteiger partial charge in [-0.1, -0.05) is 6.42 Å². The first kappa shape index (κ1) is 18.6. The Bertz CT molecular complexity index is 530. The maximum absolute atomic E-state index is 12.7. The fraction of sp³-hybridized carbons (Fsp3) is 0.750. The number of nitrogens with zero attached hydrogens (tertiary/aromatic N) is 2. The third-order valence-electron chi connectivity index (χ3n) is 4.51. The second-order valence-electron chi connectivity index (χ2n) is 6.38. The van der Waals surface area contributed by atoms with Gasteiger partial charge in [0.05, 0.1) is 5.92 Å². The summed E-state index contributed by atoms with van der Waals surface area (Å²) in [7, 11) is 0. The summed E-state index contributed by atoms with van der Waals surface area (Å²) in [5.41, 5.74) is 0. The van der Waals surface area contributed by atoms with Gasteiger partial charge < -0.3 is 15.2 Å². The van der Waals surface area contributed by atoms with Crippen molar-refractivity contribution in [2.24, 2.45) is 5.92 Å². The van der Waals surface area contributed by atoms with E-state index in [-0.39, 0.29) is 24.9 Å². The van der Waals surface area contributed by atoms with Crippen molar-refractivity contribution in [3.05, 3.63) is 18.2 Å². The summed E-state index contributed by atoms with van der Waals surface area (Å²) in [6.07, 6.45) is 2.46. The molecule has 0 aliphatic heterocycles. The number of amides is 2. The molecule has 0 bridgehead atoms. The highest BCUT2D eigenvalue weighted by molar-refractivity contribution is 5.74. The standard InChI is InChI=1S/C16H25F3N4O/c1-12-20-8-10-23(12)9-3-2-7-21-15(24)22-14-6-4-5-13(11-14)16(17,18)19/h8,10,13-14H,2-7,9,11H2,1H3,(H2,21,22,24)/t13-,14-/m1/s1. The van der Waals surface area contributed by atoms with E-state index in [1.165, 1.54) is 0 Å². The van der Waals surface area contributed by atoms with Crippen LogP contribution in [0.2, 0.25) is 0 Å². The second-order valence-corrected chi connectivity index (χ2v) is 6.38. The van der Waals surface area contributed by atoms with Crippen molar-refractivity contribution in [2.75, 3.05) is 6.54 Å². The van der Waals surface area contributed by atoms with Gasteiger partial charge in [-0.05, 0) is 39.0 Å². The van der Waals surface area contributed by atoms with Crippen LogP contribution in [0.15, 0.2) is 12.4 Å². The Kier molecular flexibility index (Phi) is 6.51. The molecule has 0 aromatic carbocycles. The van der Waals surface area contributed by atoms with Crippen LogP contribution in [0.3, 0.4) is 0 Å². The fourth-order valence-corrected chi connectivity index (χ4v) is 3.10. The van der Waals surface area contributed by atoms with Crippen LogP contribution in [0.1, 0.15) is 44.3 Å². The van der Waals surface area contributed by atoms with Crippen LogP contribution in [0.25, 0.3) is 0 Å². The number of hydrogen-bond acceptors (Lipinski definition) is 2. The van der Waals surface area contributed by atoms with Gasteiger partial charge >= 0.3 is 12.2 Å². The van der Waals surface area contributed by atoms with Crippen molar-refractivity contribution < 1.29 is 18.0 Å². The quantitative estimate of drug-likeness (QED) is 0.776. The van der Waals surface area contributed by atoms with Crippen molar-refractivity contribution in [3.63, 3.8) is 0 Å². The molecular weight excluding hydrogens is 321 g/mol. The molecule has 8 heteroatoms. The van der Waals surface area contributed by atoms with Gasteiger partial charge in [0.2, 0.25) is 0 Å². The zero-order valence-corrected chi connectivity index (χ0v) is 13.9. The van der Waals surface area contributed by atoms with Gasteiger partial charge in [-0.15, -0.1) is 0 Å². The molecule has 1 aliphatic rings.